The number of hydrogen-bond donors (Lipinski definition) is 1. The Morgan fingerprint density at radius 3 is 3.08 bits per heavy atom. The molecular weight excluding hydrogens is 166 g/mol. The molecule has 0 bridgehead atoms. The number of aromatic nitrogens is 2. The third kappa shape index (κ3) is 1.27. The highest BCUT2D eigenvalue weighted by Crippen LogP contribution is 2.07. The second-order valence-electron chi connectivity index (χ2n) is 2.59. The van der Waals surface area contributed by atoms with E-state index in [9.17, 15) is 4.79 Å². The summed E-state index contributed by atoms with van der Waals surface area (Å²) >= 11 is 0. The van der Waals surface area contributed by atoms with Crippen LogP contribution in [0.1, 0.15) is 5.69 Å². The first-order valence-electron chi connectivity index (χ1n) is 3.69. The molecule has 0 saturated heterocycles. The van der Waals surface area contributed by atoms with Gasteiger partial charge in [0.05, 0.1) is 5.52 Å². The fourth-order valence-corrected chi connectivity index (χ4v) is 1.11. The summed E-state index contributed by atoms with van der Waals surface area (Å²) in [5.74, 6) is 0. The molecule has 0 spiro atoms. The summed E-state index contributed by atoms with van der Waals surface area (Å²) in [6.45, 7) is 0. The van der Waals surface area contributed by atoms with Gasteiger partial charge in [0, 0.05) is 17.6 Å². The number of nitrogens with zero attached hydrogens (tertiary/aromatic N) is 2. The molecule has 4 nitrogen and oxygen atoms in total. The van der Waals surface area contributed by atoms with E-state index in [2.05, 4.69) is 9.97 Å². The van der Waals surface area contributed by atoms with Gasteiger partial charge < -0.3 is 4.98 Å². The predicted octanol–water partition coefficient (Wildman–Crippen LogP) is 0.795. The van der Waals surface area contributed by atoms with Crippen molar-refractivity contribution in [3.63, 3.8) is 0 Å². The largest absolute Gasteiger partial charge is 0.322 e. The zero-order valence-corrected chi connectivity index (χ0v) is 6.61. The van der Waals surface area contributed by atoms with E-state index in [1.807, 2.05) is 6.07 Å². The molecule has 0 atom stereocenters. The Labute approximate surface area is 73.5 Å². The van der Waals surface area contributed by atoms with Gasteiger partial charge in [-0.25, -0.2) is 4.98 Å². The molecule has 0 aliphatic rings. The summed E-state index contributed by atoms with van der Waals surface area (Å²) in [7, 11) is 0. The molecular formula is C9H5N3O. The molecule has 2 rings (SSSR count). The zero-order chi connectivity index (χ0) is 9.26. The van der Waals surface area contributed by atoms with E-state index in [1.165, 1.54) is 6.07 Å². The first kappa shape index (κ1) is 7.50. The molecule has 2 aromatic heterocycles. The highest BCUT2D eigenvalue weighted by Gasteiger charge is 1.96. The lowest BCUT2D eigenvalue weighted by Gasteiger charge is -1.95. The molecule has 0 aliphatic heterocycles. The number of H-pyrrole nitrogens is 1. The quantitative estimate of drug-likeness (QED) is 0.637. The van der Waals surface area contributed by atoms with E-state index in [-0.39, 0.29) is 5.56 Å². The van der Waals surface area contributed by atoms with Gasteiger partial charge in [-0.05, 0) is 12.1 Å². The van der Waals surface area contributed by atoms with Gasteiger partial charge >= 0.3 is 0 Å². The van der Waals surface area contributed by atoms with Crippen molar-refractivity contribution in [1.82, 2.24) is 9.97 Å². The first-order chi connectivity index (χ1) is 6.29. The number of aromatic amines is 1. The van der Waals surface area contributed by atoms with Crippen LogP contribution in [-0.2, 0) is 0 Å². The van der Waals surface area contributed by atoms with Gasteiger partial charge in [0.1, 0.15) is 11.8 Å². The Morgan fingerprint density at radius 1 is 1.46 bits per heavy atom. The number of nitriles is 1. The molecule has 2 aromatic rings. The lowest BCUT2D eigenvalue weighted by Crippen LogP contribution is -2.02. The van der Waals surface area contributed by atoms with Crippen molar-refractivity contribution in [2.24, 2.45) is 0 Å². The fourth-order valence-electron chi connectivity index (χ4n) is 1.11. The van der Waals surface area contributed by atoms with Crippen LogP contribution >= 0.6 is 0 Å². The average molecular weight is 171 g/mol. The van der Waals surface area contributed by atoms with E-state index in [1.54, 1.807) is 18.3 Å². The number of fused-ring (bicyclic) bond motifs is 1. The van der Waals surface area contributed by atoms with Crippen molar-refractivity contribution < 1.29 is 0 Å². The maximum Gasteiger partial charge on any atom is 0.248 e. The molecule has 0 unspecified atom stereocenters. The molecule has 1 N–H and O–H groups in total. The van der Waals surface area contributed by atoms with Crippen molar-refractivity contribution in [2.75, 3.05) is 0 Å². The average Bonchev–Trinajstić information content (AvgIpc) is 2.16. The van der Waals surface area contributed by atoms with Crippen molar-refractivity contribution in [3.05, 3.63) is 40.4 Å². The smallest absolute Gasteiger partial charge is 0.248 e. The molecule has 0 radical (unpaired) electrons. The SMILES string of the molecule is N#Cc1cc2[nH]c(=O)ccc2cn1. The Kier molecular flexibility index (Phi) is 1.57. The van der Waals surface area contributed by atoms with E-state index >= 15 is 0 Å². The van der Waals surface area contributed by atoms with E-state index in [4.69, 9.17) is 5.26 Å². The van der Waals surface area contributed by atoms with Gasteiger partial charge in [0.2, 0.25) is 5.56 Å². The molecule has 0 aliphatic carbocycles. The van der Waals surface area contributed by atoms with Crippen LogP contribution in [0.5, 0.6) is 0 Å². The van der Waals surface area contributed by atoms with Gasteiger partial charge in [-0.3, -0.25) is 4.79 Å². The highest BCUT2D eigenvalue weighted by atomic mass is 16.1. The normalized spacial score (nSPS) is 9.77. The number of hydrogen-bond acceptors (Lipinski definition) is 3. The van der Waals surface area contributed by atoms with Crippen LogP contribution in [-0.4, -0.2) is 9.97 Å². The Hall–Kier alpha value is -2.15. The minimum Gasteiger partial charge on any atom is -0.322 e. The Morgan fingerprint density at radius 2 is 2.31 bits per heavy atom. The van der Waals surface area contributed by atoms with Crippen LogP contribution < -0.4 is 5.56 Å². The van der Waals surface area contributed by atoms with Crippen LogP contribution in [0, 0.1) is 11.3 Å². The molecule has 0 saturated carbocycles. The number of nitrogens with one attached hydrogen (secondary N) is 1. The maximum atomic E-state index is 10.9. The topological polar surface area (TPSA) is 69.5 Å². The molecule has 0 fully saturated rings. The summed E-state index contributed by atoms with van der Waals surface area (Å²) < 4.78 is 0. The standard InChI is InChI=1S/C9H5N3O/c10-4-7-3-8-6(5-11-7)1-2-9(13)12-8/h1-3,5H,(H,12,13). The van der Waals surface area contributed by atoms with Crippen molar-refractivity contribution in [3.8, 4) is 6.07 Å². The van der Waals surface area contributed by atoms with E-state index in [0.717, 1.165) is 5.39 Å². The van der Waals surface area contributed by atoms with Gasteiger partial charge in [0.15, 0.2) is 0 Å². The van der Waals surface area contributed by atoms with E-state index in [0.29, 0.717) is 11.2 Å². The van der Waals surface area contributed by atoms with Crippen LogP contribution in [0.15, 0.2) is 29.2 Å². The Balaban J connectivity index is 2.84. The lowest BCUT2D eigenvalue weighted by molar-refractivity contribution is 1.25. The lowest BCUT2D eigenvalue weighted by atomic mass is 10.2. The van der Waals surface area contributed by atoms with Crippen molar-refractivity contribution in [2.45, 2.75) is 0 Å². The summed E-state index contributed by atoms with van der Waals surface area (Å²) in [5, 5.41) is 9.38. The number of rotatable bonds is 0. The summed E-state index contributed by atoms with van der Waals surface area (Å²) in [6, 6.07) is 6.55. The molecule has 0 amide bonds. The number of pyridine rings is 2. The van der Waals surface area contributed by atoms with Crippen LogP contribution in [0.2, 0.25) is 0 Å². The van der Waals surface area contributed by atoms with Crippen molar-refractivity contribution >= 4 is 10.9 Å². The second-order valence-corrected chi connectivity index (χ2v) is 2.59. The minimum absolute atomic E-state index is 0.178. The van der Waals surface area contributed by atoms with Gasteiger partial charge in [-0.15, -0.1) is 0 Å². The highest BCUT2D eigenvalue weighted by molar-refractivity contribution is 5.77. The van der Waals surface area contributed by atoms with Gasteiger partial charge in [-0.2, -0.15) is 5.26 Å². The van der Waals surface area contributed by atoms with Gasteiger partial charge in [0.25, 0.3) is 0 Å². The third-order valence-corrected chi connectivity index (χ3v) is 1.72. The monoisotopic (exact) mass is 171 g/mol. The molecule has 4 heteroatoms. The Bertz CT molecular complexity index is 551. The first-order valence-corrected chi connectivity index (χ1v) is 3.69. The maximum absolute atomic E-state index is 10.9. The third-order valence-electron chi connectivity index (χ3n) is 1.72. The van der Waals surface area contributed by atoms with Crippen LogP contribution in [0.4, 0.5) is 0 Å². The van der Waals surface area contributed by atoms with Crippen LogP contribution in [0.3, 0.4) is 0 Å². The summed E-state index contributed by atoms with van der Waals surface area (Å²) in [6.07, 6.45) is 1.56. The summed E-state index contributed by atoms with van der Waals surface area (Å²) in [4.78, 5) is 17.4. The zero-order valence-electron chi connectivity index (χ0n) is 6.61. The minimum atomic E-state index is -0.178. The molecule has 0 aromatic carbocycles. The molecule has 2 heterocycles. The van der Waals surface area contributed by atoms with Crippen LogP contribution in [0.25, 0.3) is 10.9 Å². The molecule has 13 heavy (non-hydrogen) atoms. The van der Waals surface area contributed by atoms with E-state index < -0.39 is 0 Å². The second kappa shape index (κ2) is 2.72. The fraction of sp³-hybridized carbons (Fsp3) is 0. The van der Waals surface area contributed by atoms with Crippen molar-refractivity contribution in [1.29, 1.82) is 5.26 Å². The predicted molar refractivity (Wildman–Crippen MR) is 47.1 cm³/mol. The molecule has 62 valence electrons. The summed E-state index contributed by atoms with van der Waals surface area (Å²) in [5.41, 5.74) is 0.760. The van der Waals surface area contributed by atoms with Gasteiger partial charge in [-0.1, -0.05) is 0 Å².